The molecule has 1 heterocycles. The van der Waals surface area contributed by atoms with Gasteiger partial charge in [0.25, 0.3) is 5.89 Å². The highest BCUT2D eigenvalue weighted by Gasteiger charge is 2.07. The molecule has 0 aliphatic carbocycles. The molecule has 0 amide bonds. The first-order chi connectivity index (χ1) is 13.0. The van der Waals surface area contributed by atoms with E-state index in [-0.39, 0.29) is 24.0 Å². The molecule has 0 spiro atoms. The summed E-state index contributed by atoms with van der Waals surface area (Å²) >= 11 is 0. The number of nitrogens with zero attached hydrogens (tertiary/aromatic N) is 3. The normalized spacial score (nSPS) is 11.2. The van der Waals surface area contributed by atoms with Crippen LogP contribution in [-0.4, -0.2) is 22.6 Å². The molecular formula is C21H26IN5O. The molecule has 0 unspecified atom stereocenters. The molecular weight excluding hydrogens is 465 g/mol. The zero-order chi connectivity index (χ0) is 19.2. The van der Waals surface area contributed by atoms with Crippen molar-refractivity contribution in [2.24, 2.45) is 10.7 Å². The maximum absolute atomic E-state index is 5.98. The molecule has 3 N–H and O–H groups in total. The molecule has 6 nitrogen and oxygen atoms in total. The Labute approximate surface area is 182 Å². The third kappa shape index (κ3) is 5.79. The summed E-state index contributed by atoms with van der Waals surface area (Å²) in [6, 6.07) is 14.2. The number of hydrogen-bond donors (Lipinski definition) is 2. The molecule has 28 heavy (non-hydrogen) atoms. The number of nitrogens with one attached hydrogen (secondary N) is 1. The molecule has 0 saturated carbocycles. The molecule has 0 bridgehead atoms. The Bertz CT molecular complexity index is 934. The van der Waals surface area contributed by atoms with Crippen LogP contribution in [-0.2, 0) is 12.8 Å². The summed E-state index contributed by atoms with van der Waals surface area (Å²) in [7, 11) is 0. The lowest BCUT2D eigenvalue weighted by atomic mass is 10.1. The Morgan fingerprint density at radius 3 is 2.50 bits per heavy atom. The second-order valence-electron chi connectivity index (χ2n) is 6.51. The number of aryl methyl sites for hydroxylation is 3. The zero-order valence-electron chi connectivity index (χ0n) is 16.4. The SMILES string of the molecule is CCc1noc(-c2ccc(CCN=C(N)Nc3ccc(C)c(C)c3)cc2)n1.I. The van der Waals surface area contributed by atoms with Gasteiger partial charge in [0.05, 0.1) is 0 Å². The van der Waals surface area contributed by atoms with Gasteiger partial charge in [0, 0.05) is 24.2 Å². The Hall–Kier alpha value is -2.42. The van der Waals surface area contributed by atoms with Gasteiger partial charge in [-0.05, 0) is 61.2 Å². The van der Waals surface area contributed by atoms with Crippen molar-refractivity contribution in [3.05, 3.63) is 65.0 Å². The molecule has 0 aliphatic rings. The van der Waals surface area contributed by atoms with E-state index in [2.05, 4.69) is 46.4 Å². The quantitative estimate of drug-likeness (QED) is 0.301. The van der Waals surface area contributed by atoms with Crippen molar-refractivity contribution in [2.75, 3.05) is 11.9 Å². The van der Waals surface area contributed by atoms with Crippen molar-refractivity contribution in [3.8, 4) is 11.5 Å². The summed E-state index contributed by atoms with van der Waals surface area (Å²) in [5, 5.41) is 7.06. The third-order valence-electron chi connectivity index (χ3n) is 4.45. The summed E-state index contributed by atoms with van der Waals surface area (Å²) in [6.45, 7) is 6.78. The molecule has 2 aromatic carbocycles. The molecule has 3 rings (SSSR count). The molecule has 0 radical (unpaired) electrons. The van der Waals surface area contributed by atoms with E-state index < -0.39 is 0 Å². The number of guanidine groups is 1. The number of halogens is 1. The molecule has 1 aromatic heterocycles. The lowest BCUT2D eigenvalue weighted by molar-refractivity contribution is 0.423. The van der Waals surface area contributed by atoms with Crippen LogP contribution >= 0.6 is 24.0 Å². The van der Waals surface area contributed by atoms with Crippen LogP contribution in [0.4, 0.5) is 5.69 Å². The maximum Gasteiger partial charge on any atom is 0.257 e. The Morgan fingerprint density at radius 1 is 1.11 bits per heavy atom. The predicted octanol–water partition coefficient (Wildman–Crippen LogP) is 4.50. The monoisotopic (exact) mass is 491 g/mol. The number of aliphatic imine (C=N–C) groups is 1. The van der Waals surface area contributed by atoms with Crippen LogP contribution in [0.5, 0.6) is 0 Å². The van der Waals surface area contributed by atoms with Gasteiger partial charge < -0.3 is 15.6 Å². The van der Waals surface area contributed by atoms with Gasteiger partial charge in [-0.3, -0.25) is 4.99 Å². The van der Waals surface area contributed by atoms with Gasteiger partial charge in [-0.15, -0.1) is 24.0 Å². The summed E-state index contributed by atoms with van der Waals surface area (Å²) in [4.78, 5) is 8.75. The van der Waals surface area contributed by atoms with Crippen LogP contribution in [0.15, 0.2) is 52.0 Å². The molecule has 0 saturated heterocycles. The minimum Gasteiger partial charge on any atom is -0.370 e. The van der Waals surface area contributed by atoms with Crippen LogP contribution in [0.1, 0.15) is 29.4 Å². The van der Waals surface area contributed by atoms with E-state index in [4.69, 9.17) is 10.3 Å². The molecule has 0 fully saturated rings. The smallest absolute Gasteiger partial charge is 0.257 e. The number of nitrogens with two attached hydrogens (primary N) is 1. The van der Waals surface area contributed by atoms with E-state index in [9.17, 15) is 0 Å². The highest BCUT2D eigenvalue weighted by Crippen LogP contribution is 2.18. The predicted molar refractivity (Wildman–Crippen MR) is 124 cm³/mol. The maximum atomic E-state index is 5.98. The first-order valence-corrected chi connectivity index (χ1v) is 9.11. The minimum atomic E-state index is 0. The van der Waals surface area contributed by atoms with Gasteiger partial charge in [-0.25, -0.2) is 0 Å². The second kappa shape index (κ2) is 10.2. The number of rotatable bonds is 6. The zero-order valence-corrected chi connectivity index (χ0v) is 18.7. The van der Waals surface area contributed by atoms with E-state index >= 15 is 0 Å². The van der Waals surface area contributed by atoms with E-state index in [0.29, 0.717) is 18.4 Å². The van der Waals surface area contributed by atoms with E-state index in [0.717, 1.165) is 29.9 Å². The fourth-order valence-corrected chi connectivity index (χ4v) is 2.64. The van der Waals surface area contributed by atoms with Gasteiger partial charge in [0.2, 0.25) is 0 Å². The van der Waals surface area contributed by atoms with Crippen molar-refractivity contribution >= 4 is 35.6 Å². The highest BCUT2D eigenvalue weighted by atomic mass is 127. The topological polar surface area (TPSA) is 89.3 Å². The van der Waals surface area contributed by atoms with Crippen LogP contribution in [0.2, 0.25) is 0 Å². The average Bonchev–Trinajstić information content (AvgIpc) is 3.14. The summed E-state index contributed by atoms with van der Waals surface area (Å²) in [5.74, 6) is 1.70. The van der Waals surface area contributed by atoms with Crippen molar-refractivity contribution in [3.63, 3.8) is 0 Å². The average molecular weight is 491 g/mol. The van der Waals surface area contributed by atoms with Gasteiger partial charge in [-0.2, -0.15) is 4.98 Å². The molecule has 0 aliphatic heterocycles. The van der Waals surface area contributed by atoms with Crippen LogP contribution in [0.25, 0.3) is 11.5 Å². The largest absolute Gasteiger partial charge is 0.370 e. The van der Waals surface area contributed by atoms with Crippen molar-refractivity contribution in [2.45, 2.75) is 33.6 Å². The number of aromatic nitrogens is 2. The number of anilines is 1. The van der Waals surface area contributed by atoms with E-state index in [1.807, 2.05) is 37.3 Å². The number of benzene rings is 2. The standard InChI is InChI=1S/C21H25N5O.HI/c1-4-19-25-20(27-26-19)17-8-6-16(7-9-17)11-12-23-21(22)24-18-10-5-14(2)15(3)13-18;/h5-10,13H,4,11-12H2,1-3H3,(H3,22,23,24);1H. The minimum absolute atomic E-state index is 0. The van der Waals surface area contributed by atoms with Crippen LogP contribution in [0, 0.1) is 13.8 Å². The Kier molecular flexibility index (Phi) is 7.98. The third-order valence-corrected chi connectivity index (χ3v) is 4.45. The van der Waals surface area contributed by atoms with Gasteiger partial charge in [-0.1, -0.05) is 30.3 Å². The highest BCUT2D eigenvalue weighted by molar-refractivity contribution is 14.0. The van der Waals surface area contributed by atoms with E-state index in [1.54, 1.807) is 0 Å². The summed E-state index contributed by atoms with van der Waals surface area (Å²) in [6.07, 6.45) is 1.57. The fourth-order valence-electron chi connectivity index (χ4n) is 2.64. The lowest BCUT2D eigenvalue weighted by Gasteiger charge is -2.08. The van der Waals surface area contributed by atoms with Crippen LogP contribution in [0.3, 0.4) is 0 Å². The second-order valence-corrected chi connectivity index (χ2v) is 6.51. The molecule has 7 heteroatoms. The molecule has 148 valence electrons. The lowest BCUT2D eigenvalue weighted by Crippen LogP contribution is -2.23. The Balaban J connectivity index is 0.00000280. The van der Waals surface area contributed by atoms with Crippen molar-refractivity contribution < 1.29 is 4.52 Å². The summed E-state index contributed by atoms with van der Waals surface area (Å²) in [5.41, 5.74) is 11.5. The molecule has 3 aromatic rings. The molecule has 0 atom stereocenters. The van der Waals surface area contributed by atoms with Crippen molar-refractivity contribution in [1.29, 1.82) is 0 Å². The van der Waals surface area contributed by atoms with Gasteiger partial charge >= 0.3 is 0 Å². The Morgan fingerprint density at radius 2 is 1.86 bits per heavy atom. The fraction of sp³-hybridized carbons (Fsp3) is 0.286. The van der Waals surface area contributed by atoms with Crippen LogP contribution < -0.4 is 11.1 Å². The van der Waals surface area contributed by atoms with Gasteiger partial charge in [0.15, 0.2) is 11.8 Å². The number of hydrogen-bond acceptors (Lipinski definition) is 4. The first kappa shape index (κ1) is 21.9. The van der Waals surface area contributed by atoms with Crippen molar-refractivity contribution in [1.82, 2.24) is 10.1 Å². The first-order valence-electron chi connectivity index (χ1n) is 9.11. The van der Waals surface area contributed by atoms with E-state index in [1.165, 1.54) is 16.7 Å². The van der Waals surface area contributed by atoms with Gasteiger partial charge in [0.1, 0.15) is 0 Å². The summed E-state index contributed by atoms with van der Waals surface area (Å²) < 4.78 is 5.26.